The standard InChI is InChI=1S/C22H18ClN3O2S/c1-26-21(27)18-6-2-3-7-19(18)25-22(26)29-14-16-11-17(23)8-9-20(16)28-13-15-5-4-10-24-12-15/h2-12H,13-14H2,1H3. The second-order valence-electron chi connectivity index (χ2n) is 6.47. The van der Waals surface area contributed by atoms with Crippen LogP contribution in [0.5, 0.6) is 5.75 Å². The second kappa shape index (κ2) is 8.68. The predicted octanol–water partition coefficient (Wildman–Crippen LogP) is 4.85. The zero-order valence-corrected chi connectivity index (χ0v) is 17.3. The van der Waals surface area contributed by atoms with Crippen LogP contribution in [-0.2, 0) is 19.4 Å². The lowest BCUT2D eigenvalue weighted by atomic mass is 10.2. The summed E-state index contributed by atoms with van der Waals surface area (Å²) < 4.78 is 7.57. The van der Waals surface area contributed by atoms with Gasteiger partial charge in [-0.3, -0.25) is 14.3 Å². The molecule has 0 bridgehead atoms. The topological polar surface area (TPSA) is 57.0 Å². The summed E-state index contributed by atoms with van der Waals surface area (Å²) in [6, 6.07) is 16.8. The van der Waals surface area contributed by atoms with Crippen molar-refractivity contribution in [3.63, 3.8) is 0 Å². The van der Waals surface area contributed by atoms with Crippen molar-refractivity contribution in [1.29, 1.82) is 0 Å². The highest BCUT2D eigenvalue weighted by atomic mass is 35.5. The van der Waals surface area contributed by atoms with E-state index in [4.69, 9.17) is 16.3 Å². The largest absolute Gasteiger partial charge is 0.489 e. The van der Waals surface area contributed by atoms with Gasteiger partial charge in [0.2, 0.25) is 0 Å². The lowest BCUT2D eigenvalue weighted by molar-refractivity contribution is 0.303. The van der Waals surface area contributed by atoms with Crippen LogP contribution in [0.1, 0.15) is 11.1 Å². The van der Waals surface area contributed by atoms with Crippen molar-refractivity contribution in [1.82, 2.24) is 14.5 Å². The third-order valence-corrected chi connectivity index (χ3v) is 5.75. The van der Waals surface area contributed by atoms with Crippen LogP contribution in [0.25, 0.3) is 10.9 Å². The Bertz CT molecular complexity index is 1210. The molecule has 0 fully saturated rings. The maximum atomic E-state index is 12.6. The summed E-state index contributed by atoms with van der Waals surface area (Å²) >= 11 is 7.68. The van der Waals surface area contributed by atoms with E-state index in [0.29, 0.717) is 33.4 Å². The molecule has 0 aliphatic heterocycles. The van der Waals surface area contributed by atoms with Crippen LogP contribution in [0.3, 0.4) is 0 Å². The van der Waals surface area contributed by atoms with Gasteiger partial charge in [0.15, 0.2) is 5.16 Å². The van der Waals surface area contributed by atoms with Gasteiger partial charge < -0.3 is 4.74 Å². The van der Waals surface area contributed by atoms with Gasteiger partial charge in [0, 0.05) is 41.3 Å². The Balaban J connectivity index is 1.57. The van der Waals surface area contributed by atoms with Crippen molar-refractivity contribution in [2.75, 3.05) is 0 Å². The number of rotatable bonds is 6. The summed E-state index contributed by atoms with van der Waals surface area (Å²) in [6.45, 7) is 0.417. The highest BCUT2D eigenvalue weighted by molar-refractivity contribution is 7.98. The molecule has 29 heavy (non-hydrogen) atoms. The molecule has 2 aromatic carbocycles. The minimum Gasteiger partial charge on any atom is -0.489 e. The fourth-order valence-electron chi connectivity index (χ4n) is 2.92. The van der Waals surface area contributed by atoms with Crippen LogP contribution in [-0.4, -0.2) is 14.5 Å². The van der Waals surface area contributed by atoms with Crippen LogP contribution < -0.4 is 10.3 Å². The van der Waals surface area contributed by atoms with E-state index in [1.54, 1.807) is 36.1 Å². The van der Waals surface area contributed by atoms with Crippen molar-refractivity contribution < 1.29 is 4.74 Å². The van der Waals surface area contributed by atoms with Crippen molar-refractivity contribution in [2.24, 2.45) is 7.05 Å². The first-order chi connectivity index (χ1) is 14.1. The molecule has 2 aromatic heterocycles. The molecule has 0 spiro atoms. The van der Waals surface area contributed by atoms with Gasteiger partial charge in [-0.2, -0.15) is 0 Å². The Hall–Kier alpha value is -2.83. The van der Waals surface area contributed by atoms with Crippen molar-refractivity contribution in [3.8, 4) is 5.75 Å². The fourth-order valence-corrected chi connectivity index (χ4v) is 4.06. The number of thioether (sulfide) groups is 1. The number of para-hydroxylation sites is 1. The van der Waals surface area contributed by atoms with E-state index in [2.05, 4.69) is 9.97 Å². The van der Waals surface area contributed by atoms with Crippen molar-refractivity contribution in [2.45, 2.75) is 17.5 Å². The number of aromatic nitrogens is 3. The zero-order chi connectivity index (χ0) is 20.2. The Morgan fingerprint density at radius 1 is 1.14 bits per heavy atom. The number of ether oxygens (including phenoxy) is 1. The quantitative estimate of drug-likeness (QED) is 0.327. The van der Waals surface area contributed by atoms with E-state index in [0.717, 1.165) is 16.9 Å². The maximum Gasteiger partial charge on any atom is 0.261 e. The number of nitrogens with zero attached hydrogens (tertiary/aromatic N) is 3. The molecule has 5 nitrogen and oxygen atoms in total. The van der Waals surface area contributed by atoms with Gasteiger partial charge in [0.1, 0.15) is 12.4 Å². The Labute approximate surface area is 177 Å². The van der Waals surface area contributed by atoms with Crippen LogP contribution in [0.2, 0.25) is 5.02 Å². The molecule has 7 heteroatoms. The Kier molecular flexibility index (Phi) is 5.83. The first-order valence-corrected chi connectivity index (χ1v) is 10.4. The molecular formula is C22H18ClN3O2S. The van der Waals surface area contributed by atoms with Gasteiger partial charge >= 0.3 is 0 Å². The number of benzene rings is 2. The van der Waals surface area contributed by atoms with E-state index in [1.165, 1.54) is 11.8 Å². The molecule has 0 N–H and O–H groups in total. The first kappa shape index (κ1) is 19.5. The summed E-state index contributed by atoms with van der Waals surface area (Å²) in [5.74, 6) is 1.32. The fraction of sp³-hybridized carbons (Fsp3) is 0.136. The molecule has 0 radical (unpaired) electrons. The molecule has 0 atom stereocenters. The number of hydrogen-bond acceptors (Lipinski definition) is 5. The molecule has 0 saturated carbocycles. The van der Waals surface area contributed by atoms with Gasteiger partial charge in [0.25, 0.3) is 5.56 Å². The lowest BCUT2D eigenvalue weighted by Gasteiger charge is -2.13. The van der Waals surface area contributed by atoms with Gasteiger partial charge in [-0.15, -0.1) is 0 Å². The Morgan fingerprint density at radius 3 is 2.83 bits per heavy atom. The monoisotopic (exact) mass is 423 g/mol. The minimum absolute atomic E-state index is 0.0581. The number of halogens is 1. The highest BCUT2D eigenvalue weighted by Crippen LogP contribution is 2.30. The number of hydrogen-bond donors (Lipinski definition) is 0. The minimum atomic E-state index is -0.0581. The van der Waals surface area contributed by atoms with Gasteiger partial charge in [-0.1, -0.05) is 41.6 Å². The van der Waals surface area contributed by atoms with E-state index in [-0.39, 0.29) is 5.56 Å². The Morgan fingerprint density at radius 2 is 2.00 bits per heavy atom. The van der Waals surface area contributed by atoms with Gasteiger partial charge in [0.05, 0.1) is 10.9 Å². The summed E-state index contributed by atoms with van der Waals surface area (Å²) in [4.78, 5) is 21.3. The van der Waals surface area contributed by atoms with E-state index in [9.17, 15) is 4.79 Å². The number of pyridine rings is 1. The summed E-state index contributed by atoms with van der Waals surface area (Å²) in [6.07, 6.45) is 3.51. The van der Waals surface area contributed by atoms with E-state index >= 15 is 0 Å². The molecule has 0 aliphatic carbocycles. The molecule has 0 aliphatic rings. The SMILES string of the molecule is Cn1c(SCc2cc(Cl)ccc2OCc2cccnc2)nc2ccccc2c1=O. The molecule has 4 aromatic rings. The van der Waals surface area contributed by atoms with E-state index < -0.39 is 0 Å². The van der Waals surface area contributed by atoms with Crippen LogP contribution in [0, 0.1) is 0 Å². The molecule has 146 valence electrons. The van der Waals surface area contributed by atoms with Crippen LogP contribution in [0.4, 0.5) is 0 Å². The molecule has 0 unspecified atom stereocenters. The zero-order valence-electron chi connectivity index (χ0n) is 15.7. The van der Waals surface area contributed by atoms with Crippen LogP contribution in [0.15, 0.2) is 76.9 Å². The normalized spacial score (nSPS) is 11.0. The molecule has 0 saturated heterocycles. The smallest absolute Gasteiger partial charge is 0.261 e. The molecule has 2 heterocycles. The maximum absolute atomic E-state index is 12.6. The van der Waals surface area contributed by atoms with E-state index in [1.807, 2.05) is 42.5 Å². The first-order valence-electron chi connectivity index (χ1n) is 9.00. The van der Waals surface area contributed by atoms with Crippen molar-refractivity contribution in [3.05, 3.63) is 93.5 Å². The van der Waals surface area contributed by atoms with Crippen LogP contribution >= 0.6 is 23.4 Å². The number of fused-ring (bicyclic) bond motifs is 1. The summed E-state index contributed by atoms with van der Waals surface area (Å²) in [7, 11) is 1.74. The average Bonchev–Trinajstić information content (AvgIpc) is 2.75. The highest BCUT2D eigenvalue weighted by Gasteiger charge is 2.11. The third kappa shape index (κ3) is 4.44. The lowest BCUT2D eigenvalue weighted by Crippen LogP contribution is -2.19. The summed E-state index contributed by atoms with van der Waals surface area (Å²) in [5.41, 5.74) is 2.56. The summed E-state index contributed by atoms with van der Waals surface area (Å²) in [5, 5.41) is 1.89. The third-order valence-electron chi connectivity index (χ3n) is 4.44. The predicted molar refractivity (Wildman–Crippen MR) is 117 cm³/mol. The van der Waals surface area contributed by atoms with Gasteiger partial charge in [-0.25, -0.2) is 4.98 Å². The average molecular weight is 424 g/mol. The van der Waals surface area contributed by atoms with Gasteiger partial charge in [-0.05, 0) is 36.4 Å². The molecule has 0 amide bonds. The van der Waals surface area contributed by atoms with Crippen molar-refractivity contribution >= 4 is 34.3 Å². The molecular weight excluding hydrogens is 406 g/mol. The molecule has 4 rings (SSSR count). The second-order valence-corrected chi connectivity index (χ2v) is 7.85.